The first kappa shape index (κ1) is 18.5. The summed E-state index contributed by atoms with van der Waals surface area (Å²) in [5.74, 6) is 0.925. The van der Waals surface area contributed by atoms with Crippen LogP contribution in [-0.4, -0.2) is 69.0 Å². The molecule has 9 nitrogen and oxygen atoms in total. The molecule has 4 heterocycles. The Labute approximate surface area is 162 Å². The van der Waals surface area contributed by atoms with Crippen LogP contribution in [-0.2, 0) is 20.9 Å². The van der Waals surface area contributed by atoms with Gasteiger partial charge in [-0.25, -0.2) is 0 Å². The highest BCUT2D eigenvalue weighted by Gasteiger charge is 2.28. The molecule has 4 rings (SSSR count). The number of carbonyl (C=O) groups excluding carboxylic acids is 2. The average Bonchev–Trinajstić information content (AvgIpc) is 3.37. The number of aromatic nitrogens is 3. The maximum atomic E-state index is 12.5. The summed E-state index contributed by atoms with van der Waals surface area (Å²) < 4.78 is 11.2. The van der Waals surface area contributed by atoms with Crippen molar-refractivity contribution in [2.45, 2.75) is 38.4 Å². The highest BCUT2D eigenvalue weighted by atomic mass is 16.5. The predicted octanol–water partition coefficient (Wildman–Crippen LogP) is 1.26. The molecular weight excluding hydrogens is 362 g/mol. The van der Waals surface area contributed by atoms with E-state index in [-0.39, 0.29) is 31.1 Å². The van der Waals surface area contributed by atoms with Crippen LogP contribution in [0.25, 0.3) is 11.5 Å². The van der Waals surface area contributed by atoms with E-state index in [9.17, 15) is 9.59 Å². The van der Waals surface area contributed by atoms with Gasteiger partial charge in [-0.05, 0) is 31.4 Å². The molecule has 2 amide bonds. The van der Waals surface area contributed by atoms with Gasteiger partial charge in [-0.2, -0.15) is 4.98 Å². The molecule has 2 aromatic heterocycles. The van der Waals surface area contributed by atoms with Crippen molar-refractivity contribution in [1.82, 2.24) is 24.9 Å². The zero-order valence-electron chi connectivity index (χ0n) is 15.6. The minimum Gasteiger partial charge on any atom is -0.368 e. The van der Waals surface area contributed by atoms with Gasteiger partial charge in [0, 0.05) is 38.4 Å². The minimum atomic E-state index is -0.0766. The summed E-state index contributed by atoms with van der Waals surface area (Å²) in [7, 11) is 0. The van der Waals surface area contributed by atoms with Crippen molar-refractivity contribution in [3.63, 3.8) is 0 Å². The maximum Gasteiger partial charge on any atom is 0.259 e. The Kier molecular flexibility index (Phi) is 5.61. The number of hydrogen-bond donors (Lipinski definition) is 0. The molecule has 1 atom stereocenters. The van der Waals surface area contributed by atoms with E-state index >= 15 is 0 Å². The lowest BCUT2D eigenvalue weighted by molar-refractivity contribution is -0.141. The molecule has 0 N–H and O–H groups in total. The Morgan fingerprint density at radius 2 is 2.25 bits per heavy atom. The first-order valence-corrected chi connectivity index (χ1v) is 9.59. The van der Waals surface area contributed by atoms with Gasteiger partial charge in [0.25, 0.3) is 5.89 Å². The lowest BCUT2D eigenvalue weighted by Crippen LogP contribution is -2.47. The van der Waals surface area contributed by atoms with Crippen LogP contribution in [0.4, 0.5) is 0 Å². The predicted molar refractivity (Wildman–Crippen MR) is 97.7 cm³/mol. The molecule has 2 aliphatic heterocycles. The van der Waals surface area contributed by atoms with Crippen molar-refractivity contribution < 1.29 is 18.8 Å². The number of piperidine rings is 1. The van der Waals surface area contributed by atoms with Gasteiger partial charge < -0.3 is 19.1 Å². The van der Waals surface area contributed by atoms with Crippen LogP contribution in [0.2, 0.25) is 0 Å². The lowest BCUT2D eigenvalue weighted by Gasteiger charge is -2.33. The summed E-state index contributed by atoms with van der Waals surface area (Å²) in [5, 5.41) is 3.94. The fourth-order valence-electron chi connectivity index (χ4n) is 3.55. The van der Waals surface area contributed by atoms with E-state index in [2.05, 4.69) is 15.1 Å². The fraction of sp³-hybridized carbons (Fsp3) is 0.526. The molecule has 2 aromatic rings. The van der Waals surface area contributed by atoms with Crippen LogP contribution >= 0.6 is 0 Å². The molecule has 0 saturated carbocycles. The molecule has 148 valence electrons. The van der Waals surface area contributed by atoms with Crippen molar-refractivity contribution in [2.24, 2.45) is 0 Å². The zero-order valence-corrected chi connectivity index (χ0v) is 15.6. The molecule has 0 aliphatic carbocycles. The first-order valence-electron chi connectivity index (χ1n) is 9.59. The third-order valence-corrected chi connectivity index (χ3v) is 5.05. The number of rotatable bonds is 6. The summed E-state index contributed by atoms with van der Waals surface area (Å²) in [6.07, 6.45) is 6.39. The molecule has 0 radical (unpaired) electrons. The summed E-state index contributed by atoms with van der Waals surface area (Å²) in [4.78, 5) is 36.0. The SMILES string of the molecule is O=C1CCCN1CC(=O)N1CCCC(OCc2noc(-c3cccnc3)n2)C1. The zero-order chi connectivity index (χ0) is 19.3. The van der Waals surface area contributed by atoms with Gasteiger partial charge in [0.1, 0.15) is 6.61 Å². The molecular formula is C19H23N5O4. The van der Waals surface area contributed by atoms with Crippen LogP contribution in [0.15, 0.2) is 29.0 Å². The van der Waals surface area contributed by atoms with E-state index in [4.69, 9.17) is 9.26 Å². The molecule has 0 bridgehead atoms. The van der Waals surface area contributed by atoms with E-state index in [0.717, 1.165) is 24.8 Å². The topological polar surface area (TPSA) is 102 Å². The quantitative estimate of drug-likeness (QED) is 0.738. The molecule has 28 heavy (non-hydrogen) atoms. The number of carbonyl (C=O) groups is 2. The van der Waals surface area contributed by atoms with E-state index in [1.54, 1.807) is 28.3 Å². The number of nitrogens with zero attached hydrogens (tertiary/aromatic N) is 5. The second-order valence-electron chi connectivity index (χ2n) is 7.09. The van der Waals surface area contributed by atoms with Crippen LogP contribution in [0, 0.1) is 0 Å². The molecule has 2 fully saturated rings. The number of hydrogen-bond acceptors (Lipinski definition) is 7. The lowest BCUT2D eigenvalue weighted by atomic mass is 10.1. The van der Waals surface area contributed by atoms with E-state index in [1.165, 1.54) is 0 Å². The summed E-state index contributed by atoms with van der Waals surface area (Å²) in [6, 6.07) is 3.65. The number of likely N-dealkylation sites (tertiary alicyclic amines) is 2. The van der Waals surface area contributed by atoms with Crippen molar-refractivity contribution in [3.8, 4) is 11.5 Å². The smallest absolute Gasteiger partial charge is 0.259 e. The third kappa shape index (κ3) is 4.36. The van der Waals surface area contributed by atoms with Gasteiger partial charge in [-0.1, -0.05) is 5.16 Å². The summed E-state index contributed by atoms with van der Waals surface area (Å²) in [6.45, 7) is 2.30. The van der Waals surface area contributed by atoms with Crippen molar-refractivity contribution in [3.05, 3.63) is 30.4 Å². The standard InChI is InChI=1S/C19H23N5O4/c25-17-6-3-9-24(17)12-18(26)23-8-2-5-15(11-23)27-13-16-21-19(28-22-16)14-4-1-7-20-10-14/h1,4,7,10,15H,2-3,5-6,8-9,11-13H2. The van der Waals surface area contributed by atoms with E-state index in [1.807, 2.05) is 6.07 Å². The number of pyridine rings is 1. The Morgan fingerprint density at radius 1 is 1.32 bits per heavy atom. The Morgan fingerprint density at radius 3 is 3.04 bits per heavy atom. The van der Waals surface area contributed by atoms with Gasteiger partial charge >= 0.3 is 0 Å². The molecule has 2 aliphatic rings. The maximum absolute atomic E-state index is 12.5. The van der Waals surface area contributed by atoms with Crippen LogP contribution in [0.3, 0.4) is 0 Å². The van der Waals surface area contributed by atoms with Crippen LogP contribution in [0.5, 0.6) is 0 Å². The molecule has 0 aromatic carbocycles. The van der Waals surface area contributed by atoms with Gasteiger partial charge in [0.15, 0.2) is 5.82 Å². The second-order valence-corrected chi connectivity index (χ2v) is 7.09. The van der Waals surface area contributed by atoms with Gasteiger partial charge in [-0.3, -0.25) is 14.6 Å². The van der Waals surface area contributed by atoms with Crippen molar-refractivity contribution in [2.75, 3.05) is 26.2 Å². The third-order valence-electron chi connectivity index (χ3n) is 5.05. The number of ether oxygens (including phenoxy) is 1. The summed E-state index contributed by atoms with van der Waals surface area (Å²) >= 11 is 0. The van der Waals surface area contributed by atoms with E-state index in [0.29, 0.717) is 37.8 Å². The normalized spacial score (nSPS) is 20.0. The Hall–Kier alpha value is -2.81. The van der Waals surface area contributed by atoms with Gasteiger partial charge in [-0.15, -0.1) is 0 Å². The molecule has 1 unspecified atom stereocenters. The molecule has 0 spiro atoms. The molecule has 9 heteroatoms. The highest BCUT2D eigenvalue weighted by Crippen LogP contribution is 2.18. The van der Waals surface area contributed by atoms with Crippen LogP contribution in [0.1, 0.15) is 31.5 Å². The monoisotopic (exact) mass is 385 g/mol. The van der Waals surface area contributed by atoms with Crippen molar-refractivity contribution in [1.29, 1.82) is 0 Å². The second kappa shape index (κ2) is 8.47. The number of amides is 2. The Bertz CT molecular complexity index is 825. The van der Waals surface area contributed by atoms with Gasteiger partial charge in [0.05, 0.1) is 18.2 Å². The van der Waals surface area contributed by atoms with Crippen molar-refractivity contribution >= 4 is 11.8 Å². The first-order chi connectivity index (χ1) is 13.7. The van der Waals surface area contributed by atoms with E-state index < -0.39 is 0 Å². The largest absolute Gasteiger partial charge is 0.368 e. The average molecular weight is 385 g/mol. The van der Waals surface area contributed by atoms with Gasteiger partial charge in [0.2, 0.25) is 11.8 Å². The van der Waals surface area contributed by atoms with Crippen LogP contribution < -0.4 is 0 Å². The highest BCUT2D eigenvalue weighted by molar-refractivity contribution is 5.85. The minimum absolute atomic E-state index is 0.0121. The Balaban J connectivity index is 1.28. The summed E-state index contributed by atoms with van der Waals surface area (Å²) in [5.41, 5.74) is 0.757. The fourth-order valence-corrected chi connectivity index (χ4v) is 3.55. The molecule has 2 saturated heterocycles.